The van der Waals surface area contributed by atoms with Gasteiger partial charge in [-0.1, -0.05) is 6.07 Å². The highest BCUT2D eigenvalue weighted by Crippen LogP contribution is 2.38. The fraction of sp³-hybridized carbons (Fsp3) is 0.250. The van der Waals surface area contributed by atoms with E-state index in [1.807, 2.05) is 35.7 Å². The molecule has 4 rings (SSSR count). The number of hydrogen-bond donors (Lipinski definition) is 0. The minimum absolute atomic E-state index is 0.0158. The van der Waals surface area contributed by atoms with Gasteiger partial charge in [0.15, 0.2) is 11.5 Å². The largest absolute Gasteiger partial charge is 0.454 e. The van der Waals surface area contributed by atoms with E-state index in [-0.39, 0.29) is 18.7 Å². The van der Waals surface area contributed by atoms with Crippen LogP contribution >= 0.6 is 11.3 Å². The smallest absolute Gasteiger partial charge is 0.240 e. The number of amides is 1. The van der Waals surface area contributed by atoms with Crippen LogP contribution in [0.25, 0.3) is 0 Å². The molecule has 0 saturated carbocycles. The van der Waals surface area contributed by atoms with Crippen molar-refractivity contribution in [2.75, 3.05) is 6.79 Å². The summed E-state index contributed by atoms with van der Waals surface area (Å²) in [5, 5.41) is 8.13. The molecule has 1 aromatic carbocycles. The fourth-order valence-corrected chi connectivity index (χ4v) is 3.57. The van der Waals surface area contributed by atoms with Crippen molar-refractivity contribution < 1.29 is 14.3 Å². The lowest BCUT2D eigenvalue weighted by Gasteiger charge is -2.18. The van der Waals surface area contributed by atoms with Crippen molar-refractivity contribution in [2.45, 2.75) is 19.4 Å². The maximum Gasteiger partial charge on any atom is 0.240 e. The number of hydrazone groups is 1. The summed E-state index contributed by atoms with van der Waals surface area (Å²) in [7, 11) is 0. The lowest BCUT2D eigenvalue weighted by Crippen LogP contribution is -2.23. The first-order valence-corrected chi connectivity index (χ1v) is 7.91. The predicted octanol–water partition coefficient (Wildman–Crippen LogP) is 3.17. The zero-order valence-electron chi connectivity index (χ0n) is 12.0. The Labute approximate surface area is 131 Å². The van der Waals surface area contributed by atoms with Gasteiger partial charge in [0.25, 0.3) is 0 Å². The molecule has 0 spiro atoms. The first kappa shape index (κ1) is 13.3. The number of benzene rings is 1. The van der Waals surface area contributed by atoms with E-state index in [0.29, 0.717) is 6.42 Å². The summed E-state index contributed by atoms with van der Waals surface area (Å²) in [6.45, 7) is 1.80. The van der Waals surface area contributed by atoms with E-state index in [4.69, 9.17) is 9.47 Å². The number of thiophene rings is 1. The van der Waals surface area contributed by atoms with Gasteiger partial charge in [0.2, 0.25) is 12.7 Å². The van der Waals surface area contributed by atoms with Gasteiger partial charge in [-0.25, -0.2) is 5.01 Å². The topological polar surface area (TPSA) is 51.1 Å². The van der Waals surface area contributed by atoms with E-state index in [1.165, 1.54) is 0 Å². The van der Waals surface area contributed by atoms with Gasteiger partial charge in [-0.2, -0.15) is 5.10 Å². The van der Waals surface area contributed by atoms with Crippen molar-refractivity contribution in [1.82, 2.24) is 5.01 Å². The fourth-order valence-electron chi connectivity index (χ4n) is 2.75. The average Bonchev–Trinajstić information content (AvgIpc) is 3.25. The second kappa shape index (κ2) is 5.14. The van der Waals surface area contributed by atoms with Crippen LogP contribution < -0.4 is 9.47 Å². The number of nitrogens with zero attached hydrogens (tertiary/aromatic N) is 2. The van der Waals surface area contributed by atoms with Crippen molar-refractivity contribution in [3.8, 4) is 11.5 Å². The Morgan fingerprint density at radius 3 is 2.95 bits per heavy atom. The Hall–Kier alpha value is -2.34. The van der Waals surface area contributed by atoms with Crippen molar-refractivity contribution in [3.63, 3.8) is 0 Å². The van der Waals surface area contributed by atoms with Crippen LogP contribution in [0.2, 0.25) is 0 Å². The summed E-state index contributed by atoms with van der Waals surface area (Å²) < 4.78 is 10.7. The molecule has 6 heteroatoms. The standard InChI is InChI=1S/C16H14N2O3S/c1-10(19)18-13(16-3-2-6-22-16)8-12(17-18)11-4-5-14-15(7-11)21-9-20-14/h2-7,13H,8-9H2,1H3. The molecule has 1 amide bonds. The summed E-state index contributed by atoms with van der Waals surface area (Å²) in [6, 6.07) is 9.80. The molecule has 0 bridgehead atoms. The monoisotopic (exact) mass is 314 g/mol. The number of carbonyl (C=O) groups is 1. The van der Waals surface area contributed by atoms with Crippen LogP contribution in [0.1, 0.15) is 29.8 Å². The molecule has 112 valence electrons. The summed E-state index contributed by atoms with van der Waals surface area (Å²) >= 11 is 1.65. The summed E-state index contributed by atoms with van der Waals surface area (Å²) in [6.07, 6.45) is 0.708. The van der Waals surface area contributed by atoms with Crippen LogP contribution in [0.4, 0.5) is 0 Å². The predicted molar refractivity (Wildman–Crippen MR) is 83.3 cm³/mol. The van der Waals surface area contributed by atoms with E-state index in [2.05, 4.69) is 5.10 Å². The molecule has 3 heterocycles. The second-order valence-electron chi connectivity index (χ2n) is 5.21. The molecular weight excluding hydrogens is 300 g/mol. The van der Waals surface area contributed by atoms with E-state index in [0.717, 1.165) is 27.7 Å². The average molecular weight is 314 g/mol. The third-order valence-electron chi connectivity index (χ3n) is 3.81. The first-order valence-electron chi connectivity index (χ1n) is 7.03. The Balaban J connectivity index is 1.68. The van der Waals surface area contributed by atoms with Gasteiger partial charge in [0.05, 0.1) is 11.8 Å². The van der Waals surface area contributed by atoms with Crippen molar-refractivity contribution >= 4 is 23.0 Å². The van der Waals surface area contributed by atoms with E-state index in [1.54, 1.807) is 23.3 Å². The Kier molecular flexibility index (Phi) is 3.11. The summed E-state index contributed by atoms with van der Waals surface area (Å²) in [4.78, 5) is 13.0. The lowest BCUT2D eigenvalue weighted by molar-refractivity contribution is -0.130. The maximum atomic E-state index is 11.9. The normalized spacial score (nSPS) is 19.4. The zero-order valence-corrected chi connectivity index (χ0v) is 12.8. The molecule has 0 radical (unpaired) electrons. The zero-order chi connectivity index (χ0) is 15.1. The molecule has 1 aromatic heterocycles. The van der Waals surface area contributed by atoms with E-state index >= 15 is 0 Å². The van der Waals surface area contributed by atoms with Gasteiger partial charge in [-0.3, -0.25) is 4.79 Å². The quantitative estimate of drug-likeness (QED) is 0.855. The third kappa shape index (κ3) is 2.16. The minimum atomic E-state index is -0.0471. The van der Waals surface area contributed by atoms with Crippen molar-refractivity contribution in [2.24, 2.45) is 5.10 Å². The SMILES string of the molecule is CC(=O)N1N=C(c2ccc3c(c2)OCO3)CC1c1cccs1. The van der Waals surface area contributed by atoms with Crippen LogP contribution in [0.3, 0.4) is 0 Å². The first-order chi connectivity index (χ1) is 10.7. The van der Waals surface area contributed by atoms with Gasteiger partial charge < -0.3 is 9.47 Å². The molecule has 0 aliphatic carbocycles. The van der Waals surface area contributed by atoms with Gasteiger partial charge in [0, 0.05) is 23.8 Å². The van der Waals surface area contributed by atoms with Gasteiger partial charge in [-0.05, 0) is 29.6 Å². The molecule has 1 unspecified atom stereocenters. The van der Waals surface area contributed by atoms with Crippen LogP contribution in [0, 0.1) is 0 Å². The number of hydrogen-bond acceptors (Lipinski definition) is 5. The molecule has 0 saturated heterocycles. The third-order valence-corrected chi connectivity index (χ3v) is 4.78. The second-order valence-corrected chi connectivity index (χ2v) is 6.19. The molecule has 5 nitrogen and oxygen atoms in total. The molecule has 0 N–H and O–H groups in total. The van der Waals surface area contributed by atoms with Crippen molar-refractivity contribution in [1.29, 1.82) is 0 Å². The van der Waals surface area contributed by atoms with Crippen LogP contribution in [-0.2, 0) is 4.79 Å². The molecule has 2 aromatic rings. The molecular formula is C16H14N2O3S. The Bertz CT molecular complexity index is 755. The van der Waals surface area contributed by atoms with Crippen LogP contribution in [0.5, 0.6) is 11.5 Å². The summed E-state index contributed by atoms with van der Waals surface area (Å²) in [5.41, 5.74) is 1.86. The highest BCUT2D eigenvalue weighted by molar-refractivity contribution is 7.10. The van der Waals surface area contributed by atoms with Gasteiger partial charge in [-0.15, -0.1) is 11.3 Å². The maximum absolute atomic E-state index is 11.9. The van der Waals surface area contributed by atoms with E-state index in [9.17, 15) is 4.79 Å². The van der Waals surface area contributed by atoms with Gasteiger partial charge in [0.1, 0.15) is 0 Å². The highest BCUT2D eigenvalue weighted by atomic mass is 32.1. The number of ether oxygens (including phenoxy) is 2. The Morgan fingerprint density at radius 2 is 2.18 bits per heavy atom. The molecule has 2 aliphatic rings. The van der Waals surface area contributed by atoms with Crippen molar-refractivity contribution in [3.05, 3.63) is 46.2 Å². The lowest BCUT2D eigenvalue weighted by atomic mass is 10.0. The van der Waals surface area contributed by atoms with Crippen LogP contribution in [-0.4, -0.2) is 23.4 Å². The summed E-state index contributed by atoms with van der Waals surface area (Å²) in [5.74, 6) is 1.43. The van der Waals surface area contributed by atoms with E-state index < -0.39 is 0 Å². The minimum Gasteiger partial charge on any atom is -0.454 e. The number of carbonyl (C=O) groups excluding carboxylic acids is 1. The van der Waals surface area contributed by atoms with Gasteiger partial charge >= 0.3 is 0 Å². The molecule has 1 atom stereocenters. The molecule has 2 aliphatic heterocycles. The highest BCUT2D eigenvalue weighted by Gasteiger charge is 2.32. The molecule has 0 fully saturated rings. The number of rotatable bonds is 2. The number of fused-ring (bicyclic) bond motifs is 1. The Morgan fingerprint density at radius 1 is 1.32 bits per heavy atom. The molecule has 22 heavy (non-hydrogen) atoms. The van der Waals surface area contributed by atoms with Crippen LogP contribution in [0.15, 0.2) is 40.8 Å².